The Balaban J connectivity index is 3.02. The molecule has 0 atom stereocenters. The number of imidazole rings is 1. The van der Waals surface area contributed by atoms with E-state index in [1.54, 1.807) is 0 Å². The second kappa shape index (κ2) is 1.88. The highest BCUT2D eigenvalue weighted by Crippen LogP contribution is 1.99. The van der Waals surface area contributed by atoms with Gasteiger partial charge in [-0.1, -0.05) is 0 Å². The maximum absolute atomic E-state index is 12.3. The zero-order valence-electron chi connectivity index (χ0n) is 5.26. The summed E-state index contributed by atoms with van der Waals surface area (Å²) in [4.78, 5) is 22.2. The number of hydrogen-bond acceptors (Lipinski definition) is 3. The van der Waals surface area contributed by atoms with Gasteiger partial charge in [0.15, 0.2) is 11.2 Å². The van der Waals surface area contributed by atoms with Crippen LogP contribution in [0.3, 0.4) is 0 Å². The van der Waals surface area contributed by atoms with E-state index in [0.717, 1.165) is 0 Å². The van der Waals surface area contributed by atoms with Gasteiger partial charge in [0.1, 0.15) is 0 Å². The topological polar surface area (TPSA) is 74.4 Å². The van der Waals surface area contributed by atoms with Crippen molar-refractivity contribution < 1.29 is 4.39 Å². The predicted octanol–water partition coefficient (Wildman–Crippen LogP) is -0.215. The molecule has 0 aromatic carbocycles. The molecule has 2 N–H and O–H groups in total. The minimum Gasteiger partial charge on any atom is -0.311 e. The minimum atomic E-state index is -0.802. The lowest BCUT2D eigenvalue weighted by molar-refractivity contribution is 0.556. The van der Waals surface area contributed by atoms with Gasteiger partial charge >= 0.3 is 0 Å². The van der Waals surface area contributed by atoms with E-state index in [4.69, 9.17) is 0 Å². The Kier molecular flexibility index (Phi) is 1.03. The normalized spacial score (nSPS) is 10.6. The zero-order chi connectivity index (χ0) is 7.84. The quantitative estimate of drug-likeness (QED) is 0.515. The summed E-state index contributed by atoms with van der Waals surface area (Å²) in [6.07, 6.45) is 0.370. The number of H-pyrrole nitrogens is 2. The number of halogens is 1. The van der Waals surface area contributed by atoms with E-state index in [1.807, 2.05) is 0 Å². The molecule has 2 aromatic rings. The van der Waals surface area contributed by atoms with Crippen molar-refractivity contribution in [3.63, 3.8) is 0 Å². The number of hydrogen-bond donors (Lipinski definition) is 2. The third kappa shape index (κ3) is 0.794. The van der Waals surface area contributed by atoms with Crippen molar-refractivity contribution in [1.29, 1.82) is 0 Å². The van der Waals surface area contributed by atoms with Gasteiger partial charge in [-0.2, -0.15) is 9.37 Å². The molecule has 2 rings (SSSR count). The van der Waals surface area contributed by atoms with Crippen LogP contribution in [0.4, 0.5) is 4.39 Å². The molecule has 0 aliphatic carbocycles. The molecule has 0 amide bonds. The van der Waals surface area contributed by atoms with Crippen LogP contribution in [0.2, 0.25) is 0 Å². The van der Waals surface area contributed by atoms with Crippen molar-refractivity contribution in [3.05, 3.63) is 22.8 Å². The SMILES string of the molecule is O=c1[nH]cnc2nc(F)[nH]c12. The van der Waals surface area contributed by atoms with Gasteiger partial charge in [0.25, 0.3) is 11.6 Å². The molecule has 5 nitrogen and oxygen atoms in total. The van der Waals surface area contributed by atoms with Gasteiger partial charge in [0.05, 0.1) is 6.33 Å². The monoisotopic (exact) mass is 154 g/mol. The van der Waals surface area contributed by atoms with Crippen LogP contribution in [0.15, 0.2) is 11.1 Å². The highest BCUT2D eigenvalue weighted by molar-refractivity contribution is 5.67. The average Bonchev–Trinajstić information content (AvgIpc) is 2.31. The fraction of sp³-hybridized carbons (Fsp3) is 0. The molecule has 0 unspecified atom stereocenters. The number of nitrogens with one attached hydrogen (secondary N) is 2. The maximum Gasteiger partial charge on any atom is 0.289 e. The first-order valence-corrected chi connectivity index (χ1v) is 2.86. The van der Waals surface area contributed by atoms with Crippen LogP contribution in [-0.2, 0) is 0 Å². The maximum atomic E-state index is 12.3. The lowest BCUT2D eigenvalue weighted by Gasteiger charge is -1.81. The van der Waals surface area contributed by atoms with Crippen molar-refractivity contribution in [3.8, 4) is 0 Å². The Labute approximate surface area is 59.3 Å². The summed E-state index contributed by atoms with van der Waals surface area (Å²) >= 11 is 0. The Morgan fingerprint density at radius 2 is 2.36 bits per heavy atom. The Bertz CT molecular complexity index is 445. The summed E-state index contributed by atoms with van der Waals surface area (Å²) in [5.41, 5.74) is -0.275. The summed E-state index contributed by atoms with van der Waals surface area (Å²) in [6, 6.07) is 0. The van der Waals surface area contributed by atoms with Gasteiger partial charge in [-0.05, 0) is 0 Å². The fourth-order valence-electron chi connectivity index (χ4n) is 0.812. The van der Waals surface area contributed by atoms with Crippen molar-refractivity contribution in [2.45, 2.75) is 0 Å². The Morgan fingerprint density at radius 3 is 3.09 bits per heavy atom. The van der Waals surface area contributed by atoms with Crippen LogP contribution in [0.5, 0.6) is 0 Å². The van der Waals surface area contributed by atoms with Gasteiger partial charge in [-0.25, -0.2) is 4.98 Å². The van der Waals surface area contributed by atoms with E-state index >= 15 is 0 Å². The number of fused-ring (bicyclic) bond motifs is 1. The number of rotatable bonds is 0. The Hall–Kier alpha value is -1.72. The first-order chi connectivity index (χ1) is 5.27. The second-order valence-electron chi connectivity index (χ2n) is 1.96. The summed E-state index contributed by atoms with van der Waals surface area (Å²) in [6.45, 7) is 0. The smallest absolute Gasteiger partial charge is 0.289 e. The third-order valence-electron chi connectivity index (χ3n) is 1.27. The molecular formula is C5H3FN4O. The van der Waals surface area contributed by atoms with E-state index < -0.39 is 11.6 Å². The lowest BCUT2D eigenvalue weighted by atomic mass is 10.6. The summed E-state index contributed by atoms with van der Waals surface area (Å²) < 4.78 is 12.3. The summed E-state index contributed by atoms with van der Waals surface area (Å²) in [5, 5.41) is 0. The molecular weight excluding hydrogens is 151 g/mol. The molecule has 11 heavy (non-hydrogen) atoms. The van der Waals surface area contributed by atoms with Crippen molar-refractivity contribution in [2.24, 2.45) is 0 Å². The van der Waals surface area contributed by atoms with Crippen LogP contribution in [0, 0.1) is 6.08 Å². The largest absolute Gasteiger partial charge is 0.311 e. The van der Waals surface area contributed by atoms with E-state index in [9.17, 15) is 9.18 Å². The molecule has 0 fully saturated rings. The molecule has 0 aliphatic rings. The van der Waals surface area contributed by atoms with Gasteiger partial charge < -0.3 is 9.97 Å². The lowest BCUT2D eigenvalue weighted by Crippen LogP contribution is -2.05. The van der Waals surface area contributed by atoms with Gasteiger partial charge in [-0.15, -0.1) is 0 Å². The highest BCUT2D eigenvalue weighted by Gasteiger charge is 2.04. The molecule has 6 heteroatoms. The number of nitrogens with zero attached hydrogens (tertiary/aromatic N) is 2. The Morgan fingerprint density at radius 1 is 1.55 bits per heavy atom. The fourth-order valence-corrected chi connectivity index (χ4v) is 0.812. The summed E-state index contributed by atoms with van der Waals surface area (Å²) in [5.74, 6) is 0. The molecule has 0 spiro atoms. The molecule has 0 aliphatic heterocycles. The van der Waals surface area contributed by atoms with Crippen LogP contribution in [0.25, 0.3) is 11.2 Å². The van der Waals surface area contributed by atoms with Gasteiger partial charge in [0, 0.05) is 0 Å². The van der Waals surface area contributed by atoms with Crippen molar-refractivity contribution in [2.75, 3.05) is 0 Å². The molecule has 0 saturated carbocycles. The van der Waals surface area contributed by atoms with Gasteiger partial charge in [-0.3, -0.25) is 4.79 Å². The highest BCUT2D eigenvalue weighted by atomic mass is 19.1. The molecule has 0 radical (unpaired) electrons. The first-order valence-electron chi connectivity index (χ1n) is 2.86. The van der Waals surface area contributed by atoms with Crippen LogP contribution < -0.4 is 5.56 Å². The van der Waals surface area contributed by atoms with E-state index in [1.165, 1.54) is 6.33 Å². The molecule has 2 aromatic heterocycles. The average molecular weight is 154 g/mol. The second-order valence-corrected chi connectivity index (χ2v) is 1.96. The molecule has 2 heterocycles. The third-order valence-corrected chi connectivity index (χ3v) is 1.27. The van der Waals surface area contributed by atoms with Crippen LogP contribution in [-0.4, -0.2) is 19.9 Å². The minimum absolute atomic E-state index is 0.0602. The standard InChI is InChI=1S/C5H3FN4O/c6-5-9-2-3(10-5)7-1-8-4(2)11/h1H,(H2,7,8,9,10,11). The van der Waals surface area contributed by atoms with Crippen molar-refractivity contribution in [1.82, 2.24) is 19.9 Å². The molecule has 0 saturated heterocycles. The molecule has 0 bridgehead atoms. The van der Waals surface area contributed by atoms with Gasteiger partial charge in [0.2, 0.25) is 0 Å². The zero-order valence-corrected chi connectivity index (χ0v) is 5.26. The predicted molar refractivity (Wildman–Crippen MR) is 34.5 cm³/mol. The van der Waals surface area contributed by atoms with E-state index in [-0.39, 0.29) is 11.2 Å². The van der Waals surface area contributed by atoms with Crippen LogP contribution in [0.1, 0.15) is 0 Å². The number of aromatic amines is 2. The van der Waals surface area contributed by atoms with Crippen LogP contribution >= 0.6 is 0 Å². The van der Waals surface area contributed by atoms with Crippen molar-refractivity contribution >= 4 is 11.2 Å². The van der Waals surface area contributed by atoms with E-state index in [2.05, 4.69) is 19.9 Å². The number of aromatic nitrogens is 4. The first kappa shape index (κ1) is 6.02. The van der Waals surface area contributed by atoms with E-state index in [0.29, 0.717) is 0 Å². The summed E-state index contributed by atoms with van der Waals surface area (Å²) in [7, 11) is 0. The molecule has 56 valence electrons.